The summed E-state index contributed by atoms with van der Waals surface area (Å²) in [6.45, 7) is 8.14. The number of hydrogen-bond acceptors (Lipinski definition) is 7. The topological polar surface area (TPSA) is 87.7 Å². The van der Waals surface area contributed by atoms with Gasteiger partial charge in [0, 0.05) is 18.3 Å². The van der Waals surface area contributed by atoms with Gasteiger partial charge in [0.25, 0.3) is 0 Å². The Labute approximate surface area is 124 Å². The van der Waals surface area contributed by atoms with E-state index in [4.69, 9.17) is 0 Å². The van der Waals surface area contributed by atoms with Crippen molar-refractivity contribution in [3.63, 3.8) is 0 Å². The Morgan fingerprint density at radius 2 is 1.43 bits per heavy atom. The van der Waals surface area contributed by atoms with E-state index >= 15 is 0 Å². The van der Waals surface area contributed by atoms with Gasteiger partial charge in [0.2, 0.25) is 17.8 Å². The smallest absolute Gasteiger partial charge is 0.233 e. The third kappa shape index (κ3) is 4.87. The van der Waals surface area contributed by atoms with Gasteiger partial charge in [-0.15, -0.1) is 0 Å². The van der Waals surface area contributed by atoms with E-state index in [-0.39, 0.29) is 12.1 Å². The first-order valence-electron chi connectivity index (χ1n) is 6.99. The normalized spacial score (nSPS) is 10.8. The third-order valence-electron chi connectivity index (χ3n) is 2.39. The van der Waals surface area contributed by atoms with Gasteiger partial charge in [0.15, 0.2) is 0 Å². The predicted octanol–water partition coefficient (Wildman–Crippen LogP) is 2.65. The van der Waals surface area contributed by atoms with Gasteiger partial charge in [-0.1, -0.05) is 0 Å². The highest BCUT2D eigenvalue weighted by Gasteiger charge is 2.08. The number of pyridine rings is 1. The van der Waals surface area contributed by atoms with Crippen LogP contribution < -0.4 is 16.0 Å². The molecule has 7 nitrogen and oxygen atoms in total. The van der Waals surface area contributed by atoms with Crippen LogP contribution in [-0.2, 0) is 0 Å². The van der Waals surface area contributed by atoms with E-state index in [1.54, 1.807) is 12.4 Å². The lowest BCUT2D eigenvalue weighted by Gasteiger charge is -2.14. The van der Waals surface area contributed by atoms with E-state index < -0.39 is 0 Å². The maximum Gasteiger partial charge on any atom is 0.233 e. The van der Waals surface area contributed by atoms with Crippen molar-refractivity contribution in [2.24, 2.45) is 0 Å². The first-order valence-corrected chi connectivity index (χ1v) is 6.99. The van der Waals surface area contributed by atoms with Crippen molar-refractivity contribution in [3.8, 4) is 0 Å². The lowest BCUT2D eigenvalue weighted by atomic mass is 10.4. The van der Waals surface area contributed by atoms with Crippen LogP contribution >= 0.6 is 0 Å². The van der Waals surface area contributed by atoms with Crippen LogP contribution in [-0.4, -0.2) is 32.0 Å². The molecule has 0 amide bonds. The van der Waals surface area contributed by atoms with Gasteiger partial charge < -0.3 is 16.0 Å². The molecule has 0 atom stereocenters. The molecule has 2 heterocycles. The first-order chi connectivity index (χ1) is 10.0. The summed E-state index contributed by atoms with van der Waals surface area (Å²) in [6, 6.07) is 4.24. The molecule has 0 radical (unpaired) electrons. The summed E-state index contributed by atoms with van der Waals surface area (Å²) in [4.78, 5) is 17.1. The fourth-order valence-corrected chi connectivity index (χ4v) is 1.64. The molecule has 0 saturated heterocycles. The lowest BCUT2D eigenvalue weighted by Crippen LogP contribution is -2.18. The Balaban J connectivity index is 2.25. The quantitative estimate of drug-likeness (QED) is 0.752. The number of rotatable bonds is 6. The first kappa shape index (κ1) is 15.0. The van der Waals surface area contributed by atoms with Gasteiger partial charge in [0.1, 0.15) is 0 Å². The Morgan fingerprint density at radius 3 is 1.90 bits per heavy atom. The molecule has 2 aromatic heterocycles. The Morgan fingerprint density at radius 1 is 0.857 bits per heavy atom. The van der Waals surface area contributed by atoms with Gasteiger partial charge in [-0.3, -0.25) is 4.98 Å². The SMILES string of the molecule is CC(C)Nc1nc(Nc2cccnc2)nc(NC(C)C)n1. The fraction of sp³-hybridized carbons (Fsp3) is 0.429. The Kier molecular flexibility index (Phi) is 4.86. The molecule has 0 spiro atoms. The largest absolute Gasteiger partial charge is 0.352 e. The molecule has 0 saturated carbocycles. The molecule has 0 aliphatic heterocycles. The van der Waals surface area contributed by atoms with E-state index in [9.17, 15) is 0 Å². The highest BCUT2D eigenvalue weighted by molar-refractivity contribution is 5.54. The van der Waals surface area contributed by atoms with E-state index in [1.807, 2.05) is 39.8 Å². The van der Waals surface area contributed by atoms with Crippen LogP contribution in [0, 0.1) is 0 Å². The molecule has 0 fully saturated rings. The minimum atomic E-state index is 0.241. The zero-order chi connectivity index (χ0) is 15.2. The van der Waals surface area contributed by atoms with Crippen LogP contribution in [0.4, 0.5) is 23.5 Å². The average Bonchev–Trinajstić information content (AvgIpc) is 2.37. The third-order valence-corrected chi connectivity index (χ3v) is 2.39. The van der Waals surface area contributed by atoms with Crippen LogP contribution in [0.5, 0.6) is 0 Å². The maximum atomic E-state index is 4.36. The molecule has 0 aromatic carbocycles. The van der Waals surface area contributed by atoms with Gasteiger partial charge in [0.05, 0.1) is 11.9 Å². The van der Waals surface area contributed by atoms with Crippen molar-refractivity contribution < 1.29 is 0 Å². The molecule has 7 heteroatoms. The number of hydrogen-bond donors (Lipinski definition) is 3. The maximum absolute atomic E-state index is 4.36. The van der Waals surface area contributed by atoms with Crippen molar-refractivity contribution in [3.05, 3.63) is 24.5 Å². The molecule has 0 aliphatic carbocycles. The summed E-state index contributed by atoms with van der Waals surface area (Å²) >= 11 is 0. The van der Waals surface area contributed by atoms with Crippen LogP contribution in [0.25, 0.3) is 0 Å². The van der Waals surface area contributed by atoms with Gasteiger partial charge >= 0.3 is 0 Å². The number of aromatic nitrogens is 4. The molecule has 2 aromatic rings. The van der Waals surface area contributed by atoms with Gasteiger partial charge in [-0.05, 0) is 39.8 Å². The molecule has 21 heavy (non-hydrogen) atoms. The minimum absolute atomic E-state index is 0.241. The number of anilines is 4. The summed E-state index contributed by atoms with van der Waals surface area (Å²) in [6.07, 6.45) is 3.44. The molecular formula is C14H21N7. The second-order valence-electron chi connectivity index (χ2n) is 5.27. The second-order valence-corrected chi connectivity index (χ2v) is 5.27. The Bertz CT molecular complexity index is 541. The summed E-state index contributed by atoms with van der Waals surface area (Å²) in [5.74, 6) is 1.55. The molecule has 0 aliphatic rings. The average molecular weight is 287 g/mol. The standard InChI is InChI=1S/C14H21N7/c1-9(2)16-12-19-13(17-10(3)4)21-14(20-12)18-11-6-5-7-15-8-11/h5-10H,1-4H3,(H3,16,17,18,19,20,21). The predicted molar refractivity (Wildman–Crippen MR) is 84.9 cm³/mol. The zero-order valence-corrected chi connectivity index (χ0v) is 12.8. The monoisotopic (exact) mass is 287 g/mol. The zero-order valence-electron chi connectivity index (χ0n) is 12.8. The van der Waals surface area contributed by atoms with Crippen LogP contribution in [0.3, 0.4) is 0 Å². The minimum Gasteiger partial charge on any atom is -0.352 e. The summed E-state index contributed by atoms with van der Waals surface area (Å²) < 4.78 is 0. The van der Waals surface area contributed by atoms with Crippen molar-refractivity contribution in [1.29, 1.82) is 0 Å². The highest BCUT2D eigenvalue weighted by Crippen LogP contribution is 2.15. The Hall–Kier alpha value is -2.44. The molecule has 112 valence electrons. The summed E-state index contributed by atoms with van der Waals surface area (Å²) in [5, 5.41) is 9.50. The van der Waals surface area contributed by atoms with Crippen molar-refractivity contribution in [2.75, 3.05) is 16.0 Å². The van der Waals surface area contributed by atoms with Crippen molar-refractivity contribution in [1.82, 2.24) is 19.9 Å². The number of nitrogens with one attached hydrogen (secondary N) is 3. The number of nitrogens with zero attached hydrogens (tertiary/aromatic N) is 4. The van der Waals surface area contributed by atoms with Gasteiger partial charge in [-0.25, -0.2) is 0 Å². The van der Waals surface area contributed by atoms with Crippen LogP contribution in [0.1, 0.15) is 27.7 Å². The molecular weight excluding hydrogens is 266 g/mol. The van der Waals surface area contributed by atoms with Crippen LogP contribution in [0.15, 0.2) is 24.5 Å². The molecule has 0 bridgehead atoms. The fourth-order valence-electron chi connectivity index (χ4n) is 1.64. The van der Waals surface area contributed by atoms with E-state index in [1.165, 1.54) is 0 Å². The summed E-state index contributed by atoms with van der Waals surface area (Å²) in [7, 11) is 0. The molecule has 2 rings (SSSR count). The highest BCUT2D eigenvalue weighted by atomic mass is 15.3. The van der Waals surface area contributed by atoms with E-state index in [0.717, 1.165) is 5.69 Å². The second kappa shape index (κ2) is 6.83. The van der Waals surface area contributed by atoms with E-state index in [2.05, 4.69) is 35.9 Å². The molecule has 0 unspecified atom stereocenters. The summed E-state index contributed by atoms with van der Waals surface area (Å²) in [5.41, 5.74) is 0.828. The van der Waals surface area contributed by atoms with Gasteiger partial charge in [-0.2, -0.15) is 15.0 Å². The van der Waals surface area contributed by atoms with Crippen LogP contribution in [0.2, 0.25) is 0 Å². The van der Waals surface area contributed by atoms with E-state index in [0.29, 0.717) is 17.8 Å². The lowest BCUT2D eigenvalue weighted by molar-refractivity contribution is 0.847. The van der Waals surface area contributed by atoms with Crippen molar-refractivity contribution >= 4 is 23.5 Å². The van der Waals surface area contributed by atoms with Crippen molar-refractivity contribution in [2.45, 2.75) is 39.8 Å². The molecule has 3 N–H and O–H groups in total.